The maximum atomic E-state index is 5.29. The van der Waals surface area contributed by atoms with Crippen molar-refractivity contribution in [3.63, 3.8) is 0 Å². The molecule has 1 aromatic heterocycles. The van der Waals surface area contributed by atoms with Crippen molar-refractivity contribution >= 4 is 21.5 Å². The molecule has 0 amide bonds. The van der Waals surface area contributed by atoms with Gasteiger partial charge in [0.1, 0.15) is 0 Å². The lowest BCUT2D eigenvalue weighted by molar-refractivity contribution is 0.660. The molecular formula is C56H39N3. The Morgan fingerprint density at radius 3 is 1.36 bits per heavy atom. The SMILES string of the molecule is CC1(C)c2ccccc2-c2cc(-c3cccc4c3cc(-c3nc(-c5ccc(-c6ccccc6)cc5)nc(-c5ccc(-c6ccccc6)cc5)n3)c3ccccc34)ccc21. The molecule has 0 saturated carbocycles. The molecule has 3 nitrogen and oxygen atoms in total. The van der Waals surface area contributed by atoms with Gasteiger partial charge in [-0.15, -0.1) is 0 Å². The Morgan fingerprint density at radius 1 is 0.271 bits per heavy atom. The molecule has 1 aliphatic carbocycles. The first-order valence-corrected chi connectivity index (χ1v) is 20.3. The van der Waals surface area contributed by atoms with E-state index in [-0.39, 0.29) is 5.41 Å². The van der Waals surface area contributed by atoms with E-state index >= 15 is 0 Å². The summed E-state index contributed by atoms with van der Waals surface area (Å²) >= 11 is 0. The molecule has 1 heterocycles. The van der Waals surface area contributed by atoms with Crippen molar-refractivity contribution < 1.29 is 0 Å². The Kier molecular flexibility index (Phi) is 8.16. The Bertz CT molecular complexity index is 3100. The smallest absolute Gasteiger partial charge is 0.164 e. The summed E-state index contributed by atoms with van der Waals surface area (Å²) in [5.41, 5.74) is 15.2. The molecule has 0 atom stereocenters. The number of fused-ring (bicyclic) bond motifs is 6. The third-order valence-electron chi connectivity index (χ3n) is 12.2. The average Bonchev–Trinajstić information content (AvgIpc) is 3.54. The summed E-state index contributed by atoms with van der Waals surface area (Å²) in [5.74, 6) is 1.91. The Balaban J connectivity index is 1.10. The van der Waals surface area contributed by atoms with Gasteiger partial charge >= 0.3 is 0 Å². The van der Waals surface area contributed by atoms with Gasteiger partial charge in [0.2, 0.25) is 0 Å². The number of rotatable bonds is 6. The van der Waals surface area contributed by atoms with E-state index in [0.717, 1.165) is 44.0 Å². The Labute approximate surface area is 344 Å². The molecule has 9 aromatic carbocycles. The van der Waals surface area contributed by atoms with Crippen molar-refractivity contribution in [3.05, 3.63) is 211 Å². The number of hydrogen-bond acceptors (Lipinski definition) is 3. The highest BCUT2D eigenvalue weighted by molar-refractivity contribution is 6.17. The van der Waals surface area contributed by atoms with E-state index in [4.69, 9.17) is 15.0 Å². The predicted octanol–water partition coefficient (Wildman–Crippen LogP) is 14.5. The van der Waals surface area contributed by atoms with Gasteiger partial charge in [-0.1, -0.05) is 202 Å². The summed E-state index contributed by atoms with van der Waals surface area (Å²) in [7, 11) is 0. The fourth-order valence-corrected chi connectivity index (χ4v) is 9.09. The van der Waals surface area contributed by atoms with E-state index in [1.54, 1.807) is 0 Å². The first-order chi connectivity index (χ1) is 29.0. The third kappa shape index (κ3) is 5.94. The molecule has 0 bridgehead atoms. The highest BCUT2D eigenvalue weighted by Gasteiger charge is 2.35. The second-order valence-electron chi connectivity index (χ2n) is 16.0. The number of aromatic nitrogens is 3. The normalized spacial score (nSPS) is 12.7. The van der Waals surface area contributed by atoms with Gasteiger partial charge in [-0.2, -0.15) is 0 Å². The summed E-state index contributed by atoms with van der Waals surface area (Å²) in [4.78, 5) is 15.7. The monoisotopic (exact) mass is 753 g/mol. The molecule has 0 spiro atoms. The largest absolute Gasteiger partial charge is 0.208 e. The fraction of sp³-hybridized carbons (Fsp3) is 0.0536. The summed E-state index contributed by atoms with van der Waals surface area (Å²) in [5, 5.41) is 4.63. The van der Waals surface area contributed by atoms with Gasteiger partial charge in [0.25, 0.3) is 0 Å². The minimum absolute atomic E-state index is 0.0512. The zero-order chi connectivity index (χ0) is 39.5. The van der Waals surface area contributed by atoms with Crippen LogP contribution in [-0.2, 0) is 5.41 Å². The van der Waals surface area contributed by atoms with Crippen molar-refractivity contribution in [2.75, 3.05) is 0 Å². The summed E-state index contributed by atoms with van der Waals surface area (Å²) in [6.45, 7) is 4.67. The molecule has 10 aromatic rings. The predicted molar refractivity (Wildman–Crippen MR) is 245 cm³/mol. The minimum atomic E-state index is -0.0512. The number of hydrogen-bond donors (Lipinski definition) is 0. The van der Waals surface area contributed by atoms with Crippen molar-refractivity contribution in [1.29, 1.82) is 0 Å². The van der Waals surface area contributed by atoms with Crippen LogP contribution in [0, 0.1) is 0 Å². The molecule has 3 heteroatoms. The van der Waals surface area contributed by atoms with Crippen molar-refractivity contribution in [3.8, 4) is 78.7 Å². The molecule has 278 valence electrons. The lowest BCUT2D eigenvalue weighted by atomic mass is 9.82. The van der Waals surface area contributed by atoms with Crippen LogP contribution >= 0.6 is 0 Å². The van der Waals surface area contributed by atoms with Crippen LogP contribution in [0.3, 0.4) is 0 Å². The molecule has 0 radical (unpaired) electrons. The highest BCUT2D eigenvalue weighted by atomic mass is 15.0. The molecule has 59 heavy (non-hydrogen) atoms. The number of benzene rings is 9. The summed E-state index contributed by atoms with van der Waals surface area (Å²) in [6.07, 6.45) is 0. The van der Waals surface area contributed by atoms with Crippen LogP contribution in [0.4, 0.5) is 0 Å². The van der Waals surface area contributed by atoms with Gasteiger partial charge in [-0.05, 0) is 89.3 Å². The Morgan fingerprint density at radius 2 is 0.712 bits per heavy atom. The van der Waals surface area contributed by atoms with Crippen LogP contribution in [0.15, 0.2) is 200 Å². The van der Waals surface area contributed by atoms with Gasteiger partial charge in [-0.25, -0.2) is 15.0 Å². The lowest BCUT2D eigenvalue weighted by Gasteiger charge is -2.21. The topological polar surface area (TPSA) is 38.7 Å². The van der Waals surface area contributed by atoms with Crippen LogP contribution in [0.5, 0.6) is 0 Å². The van der Waals surface area contributed by atoms with Gasteiger partial charge in [0.15, 0.2) is 17.5 Å². The van der Waals surface area contributed by atoms with Crippen LogP contribution in [0.2, 0.25) is 0 Å². The first-order valence-electron chi connectivity index (χ1n) is 20.3. The molecule has 0 unspecified atom stereocenters. The third-order valence-corrected chi connectivity index (χ3v) is 12.2. The van der Waals surface area contributed by atoms with Crippen LogP contribution < -0.4 is 0 Å². The van der Waals surface area contributed by atoms with E-state index in [2.05, 4.69) is 202 Å². The molecule has 0 fully saturated rings. The highest BCUT2D eigenvalue weighted by Crippen LogP contribution is 2.50. The lowest BCUT2D eigenvalue weighted by Crippen LogP contribution is -2.14. The van der Waals surface area contributed by atoms with Crippen molar-refractivity contribution in [1.82, 2.24) is 15.0 Å². The van der Waals surface area contributed by atoms with E-state index in [1.165, 1.54) is 49.9 Å². The van der Waals surface area contributed by atoms with Gasteiger partial charge in [-0.3, -0.25) is 0 Å². The molecule has 1 aliphatic rings. The summed E-state index contributed by atoms with van der Waals surface area (Å²) in [6, 6.07) is 71.5. The van der Waals surface area contributed by atoms with Crippen LogP contribution in [-0.4, -0.2) is 15.0 Å². The second-order valence-corrected chi connectivity index (χ2v) is 16.0. The maximum Gasteiger partial charge on any atom is 0.164 e. The average molecular weight is 754 g/mol. The molecule has 0 saturated heterocycles. The van der Waals surface area contributed by atoms with Crippen LogP contribution in [0.25, 0.3) is 100 Å². The number of nitrogens with zero attached hydrogens (tertiary/aromatic N) is 3. The van der Waals surface area contributed by atoms with Gasteiger partial charge < -0.3 is 0 Å². The second kappa shape index (κ2) is 13.9. The molecule has 0 aliphatic heterocycles. The first kappa shape index (κ1) is 34.7. The van der Waals surface area contributed by atoms with E-state index in [9.17, 15) is 0 Å². The van der Waals surface area contributed by atoms with E-state index < -0.39 is 0 Å². The van der Waals surface area contributed by atoms with Crippen molar-refractivity contribution in [2.45, 2.75) is 19.3 Å². The zero-order valence-electron chi connectivity index (χ0n) is 32.9. The Hall–Kier alpha value is -7.49. The molecular weight excluding hydrogens is 715 g/mol. The minimum Gasteiger partial charge on any atom is -0.208 e. The maximum absolute atomic E-state index is 5.29. The zero-order valence-corrected chi connectivity index (χ0v) is 32.9. The molecule has 11 rings (SSSR count). The summed E-state index contributed by atoms with van der Waals surface area (Å²) < 4.78 is 0. The molecule has 0 N–H and O–H groups in total. The van der Waals surface area contributed by atoms with Crippen molar-refractivity contribution in [2.24, 2.45) is 0 Å². The van der Waals surface area contributed by atoms with Crippen LogP contribution in [0.1, 0.15) is 25.0 Å². The van der Waals surface area contributed by atoms with E-state index in [1.807, 2.05) is 12.1 Å². The van der Waals surface area contributed by atoms with Gasteiger partial charge in [0.05, 0.1) is 0 Å². The van der Waals surface area contributed by atoms with Gasteiger partial charge in [0, 0.05) is 22.1 Å². The fourth-order valence-electron chi connectivity index (χ4n) is 9.09. The quantitative estimate of drug-likeness (QED) is 0.159. The standard InChI is InChI=1S/C56H39N3/c1-56(2)51-23-12-11-20-47(51)49-34-42(32-33-52(49)56)43-21-13-22-45-44-18-9-10-19-46(44)50(35-48(43)45)55-58-53(40-28-24-38(25-29-40)36-14-5-3-6-15-36)57-54(59-55)41-30-26-39(27-31-41)37-16-7-4-8-17-37/h3-35H,1-2H3. The van der Waals surface area contributed by atoms with E-state index in [0.29, 0.717) is 17.5 Å².